The molecular weight excluding hydrogens is 267 g/mol. The average Bonchev–Trinajstić information content (AvgIpc) is 2.62. The zero-order chi connectivity index (χ0) is 12.6. The summed E-state index contributed by atoms with van der Waals surface area (Å²) in [7, 11) is 0. The normalized spacial score (nSPS) is 22.2. The van der Waals surface area contributed by atoms with E-state index in [4.69, 9.17) is 5.11 Å². The van der Waals surface area contributed by atoms with E-state index in [1.165, 1.54) is 18.7 Å². The minimum atomic E-state index is -1.30. The molecule has 0 radical (unpaired) electrons. The summed E-state index contributed by atoms with van der Waals surface area (Å²) < 4.78 is 0. The van der Waals surface area contributed by atoms with Crippen LogP contribution in [0.4, 0.5) is 0 Å². The molecule has 0 unspecified atom stereocenters. The zero-order valence-corrected chi connectivity index (χ0v) is 12.7. The summed E-state index contributed by atoms with van der Waals surface area (Å²) in [6.07, 6.45) is 1.16. The van der Waals surface area contributed by atoms with Crippen molar-refractivity contribution in [2.75, 3.05) is 5.75 Å². The Balaban J connectivity index is 0.00000162. The van der Waals surface area contributed by atoms with Crippen LogP contribution in [-0.4, -0.2) is 37.5 Å². The second-order valence-electron chi connectivity index (χ2n) is 3.83. The minimum Gasteiger partial charge on any atom is -0.547 e. The third-order valence-corrected chi connectivity index (χ3v) is 3.60. The number of carboxylic acids is 1. The van der Waals surface area contributed by atoms with E-state index >= 15 is 0 Å². The second kappa shape index (κ2) is 5.48. The Morgan fingerprint density at radius 2 is 2.22 bits per heavy atom. The monoisotopic (exact) mass is 276 g/mol. The zero-order valence-electron chi connectivity index (χ0n) is 9.88. The molecule has 1 aromatic rings. The van der Waals surface area contributed by atoms with E-state index in [1.807, 2.05) is 0 Å². The molecule has 2 N–H and O–H groups in total. The number of pyridine rings is 1. The van der Waals surface area contributed by atoms with E-state index in [9.17, 15) is 15.0 Å². The SMILES string of the molecule is C[C@]1(C(=O)[O-])CSC(c2ncc(O)cc2O)=N1.[Na+]. The number of aromatic hydroxyl groups is 2. The number of aliphatic carboxylic acids is 1. The standard InChI is InChI=1S/C10H10N2O4S.Na/c1-10(9(15)16)4-17-8(12-10)7-6(14)2-5(13)3-11-7;/h2-3,13-14H,4H2,1H3,(H,15,16);/q;+1/p-1/t10-;/m1./s1. The molecule has 0 aliphatic carbocycles. The van der Waals surface area contributed by atoms with Gasteiger partial charge in [0.1, 0.15) is 27.8 Å². The first-order valence-electron chi connectivity index (χ1n) is 4.75. The van der Waals surface area contributed by atoms with Crippen molar-refractivity contribution >= 4 is 22.8 Å². The molecule has 90 valence electrons. The van der Waals surface area contributed by atoms with Gasteiger partial charge < -0.3 is 20.1 Å². The summed E-state index contributed by atoms with van der Waals surface area (Å²) >= 11 is 1.18. The summed E-state index contributed by atoms with van der Waals surface area (Å²) in [5.41, 5.74) is -1.13. The number of carbonyl (C=O) groups excluding carboxylic acids is 1. The Kier molecular flexibility index (Phi) is 4.66. The fraction of sp³-hybridized carbons (Fsp3) is 0.300. The van der Waals surface area contributed by atoms with Crippen LogP contribution in [0.25, 0.3) is 0 Å². The molecule has 1 aliphatic rings. The Hall–Kier alpha value is -0.760. The van der Waals surface area contributed by atoms with Crippen LogP contribution in [0.1, 0.15) is 12.6 Å². The molecule has 6 nitrogen and oxygen atoms in total. The Morgan fingerprint density at radius 3 is 2.72 bits per heavy atom. The topological polar surface area (TPSA) is 106 Å². The third-order valence-electron chi connectivity index (χ3n) is 2.33. The maximum absolute atomic E-state index is 10.9. The Morgan fingerprint density at radius 1 is 1.56 bits per heavy atom. The van der Waals surface area contributed by atoms with Crippen LogP contribution in [0.15, 0.2) is 17.3 Å². The van der Waals surface area contributed by atoms with Crippen LogP contribution in [-0.2, 0) is 4.79 Å². The molecule has 2 rings (SSSR count). The van der Waals surface area contributed by atoms with Gasteiger partial charge in [-0.2, -0.15) is 0 Å². The molecule has 0 spiro atoms. The summed E-state index contributed by atoms with van der Waals surface area (Å²) in [5, 5.41) is 29.9. The third kappa shape index (κ3) is 2.80. The summed E-state index contributed by atoms with van der Waals surface area (Å²) in [4.78, 5) is 18.7. The molecule has 1 atom stereocenters. The van der Waals surface area contributed by atoms with E-state index in [1.54, 1.807) is 0 Å². The largest absolute Gasteiger partial charge is 1.00 e. The predicted octanol–water partition coefficient (Wildman–Crippen LogP) is -3.50. The van der Waals surface area contributed by atoms with Crippen molar-refractivity contribution in [1.82, 2.24) is 4.98 Å². The molecule has 0 fully saturated rings. The van der Waals surface area contributed by atoms with E-state index in [2.05, 4.69) is 9.98 Å². The fourth-order valence-corrected chi connectivity index (χ4v) is 2.49. The number of carboxylic acid groups (broad SMARTS) is 1. The molecule has 0 saturated carbocycles. The number of hydrogen-bond donors (Lipinski definition) is 2. The Bertz CT molecular complexity index is 523. The van der Waals surface area contributed by atoms with Crippen LogP contribution in [0.2, 0.25) is 0 Å². The van der Waals surface area contributed by atoms with Gasteiger partial charge in [0.15, 0.2) is 0 Å². The van der Waals surface area contributed by atoms with Crippen LogP contribution >= 0.6 is 11.8 Å². The van der Waals surface area contributed by atoms with Crippen LogP contribution in [0.5, 0.6) is 11.5 Å². The molecule has 0 saturated heterocycles. The van der Waals surface area contributed by atoms with Gasteiger partial charge in [-0.3, -0.25) is 4.99 Å². The number of nitrogens with zero attached hydrogens (tertiary/aromatic N) is 2. The van der Waals surface area contributed by atoms with Crippen LogP contribution in [0.3, 0.4) is 0 Å². The van der Waals surface area contributed by atoms with Crippen LogP contribution in [0, 0.1) is 0 Å². The van der Waals surface area contributed by atoms with Gasteiger partial charge in [-0.05, 0) is 6.92 Å². The maximum atomic E-state index is 10.9. The summed E-state index contributed by atoms with van der Waals surface area (Å²) in [6, 6.07) is 1.13. The molecular formula is C10H9N2NaO4S. The van der Waals surface area contributed by atoms with Crippen molar-refractivity contribution in [3.8, 4) is 11.5 Å². The number of aliphatic imine (C=N–C) groups is 1. The van der Waals surface area contributed by atoms with Gasteiger partial charge in [-0.15, -0.1) is 11.8 Å². The van der Waals surface area contributed by atoms with Crippen molar-refractivity contribution in [2.24, 2.45) is 4.99 Å². The predicted molar refractivity (Wildman–Crippen MR) is 60.0 cm³/mol. The van der Waals surface area contributed by atoms with E-state index in [0.29, 0.717) is 5.04 Å². The van der Waals surface area contributed by atoms with Gasteiger partial charge in [0, 0.05) is 11.8 Å². The van der Waals surface area contributed by atoms with Crippen LogP contribution < -0.4 is 34.7 Å². The number of hydrogen-bond acceptors (Lipinski definition) is 7. The first-order chi connectivity index (χ1) is 7.92. The number of thioether (sulfide) groups is 1. The number of rotatable bonds is 2. The Labute approximate surface area is 129 Å². The fourth-order valence-electron chi connectivity index (χ4n) is 1.33. The van der Waals surface area contributed by atoms with E-state index in [0.717, 1.165) is 12.3 Å². The minimum absolute atomic E-state index is 0. The van der Waals surface area contributed by atoms with E-state index in [-0.39, 0.29) is 52.5 Å². The van der Waals surface area contributed by atoms with Crippen molar-refractivity contribution < 1.29 is 49.7 Å². The van der Waals surface area contributed by atoms with Crippen molar-refractivity contribution in [2.45, 2.75) is 12.5 Å². The molecule has 0 aromatic carbocycles. The van der Waals surface area contributed by atoms with Crippen molar-refractivity contribution in [1.29, 1.82) is 0 Å². The molecule has 1 aliphatic heterocycles. The quantitative estimate of drug-likeness (QED) is 0.543. The van der Waals surface area contributed by atoms with Gasteiger partial charge in [0.05, 0.1) is 12.2 Å². The summed E-state index contributed by atoms with van der Waals surface area (Å²) in [6.45, 7) is 1.44. The first-order valence-corrected chi connectivity index (χ1v) is 5.73. The summed E-state index contributed by atoms with van der Waals surface area (Å²) in [5.74, 6) is -1.44. The van der Waals surface area contributed by atoms with Gasteiger partial charge in [-0.1, -0.05) is 0 Å². The molecule has 8 heteroatoms. The van der Waals surface area contributed by atoms with Gasteiger partial charge in [0.25, 0.3) is 0 Å². The van der Waals surface area contributed by atoms with Crippen molar-refractivity contribution in [3.63, 3.8) is 0 Å². The average molecular weight is 276 g/mol. The molecule has 2 heterocycles. The van der Waals surface area contributed by atoms with Gasteiger partial charge in [-0.25, -0.2) is 4.98 Å². The number of carbonyl (C=O) groups is 1. The van der Waals surface area contributed by atoms with Crippen molar-refractivity contribution in [3.05, 3.63) is 18.0 Å². The molecule has 0 bridgehead atoms. The van der Waals surface area contributed by atoms with Gasteiger partial charge in [0.2, 0.25) is 0 Å². The van der Waals surface area contributed by atoms with E-state index < -0.39 is 11.5 Å². The molecule has 0 amide bonds. The second-order valence-corrected chi connectivity index (χ2v) is 4.79. The smallest absolute Gasteiger partial charge is 0.547 e. The number of aromatic nitrogens is 1. The maximum Gasteiger partial charge on any atom is 1.00 e. The first kappa shape index (κ1) is 15.3. The molecule has 1 aromatic heterocycles. The molecule has 18 heavy (non-hydrogen) atoms. The van der Waals surface area contributed by atoms with Gasteiger partial charge >= 0.3 is 29.6 Å².